The molecule has 0 spiro atoms. The van der Waals surface area contributed by atoms with Crippen molar-refractivity contribution in [1.29, 1.82) is 0 Å². The van der Waals surface area contributed by atoms with E-state index in [4.69, 9.17) is 10.5 Å². The maximum Gasteiger partial charge on any atom is 0.222 e. The summed E-state index contributed by atoms with van der Waals surface area (Å²) in [7, 11) is 0. The van der Waals surface area contributed by atoms with Crippen LogP contribution in [-0.4, -0.2) is 30.7 Å². The number of carbonyl (C=O) groups excluding carboxylic acids is 1. The third-order valence-electron chi connectivity index (χ3n) is 2.41. The van der Waals surface area contributed by atoms with E-state index in [0.29, 0.717) is 19.6 Å². The number of amides is 1. The largest absolute Gasteiger partial charge is 0.373 e. The van der Waals surface area contributed by atoms with E-state index in [1.54, 1.807) is 0 Å². The topological polar surface area (TPSA) is 64.3 Å². The normalized spacial score (nSPS) is 15.1. The van der Waals surface area contributed by atoms with Crippen molar-refractivity contribution in [3.8, 4) is 0 Å². The summed E-state index contributed by atoms with van der Waals surface area (Å²) in [5.74, 6) is 0.0282. The van der Waals surface area contributed by atoms with E-state index in [-0.39, 0.29) is 17.6 Å². The SMILES string of the molecule is CCC(C)(CN)OCCC(=O)NC(C)C. The summed E-state index contributed by atoms with van der Waals surface area (Å²) in [5.41, 5.74) is 5.30. The lowest BCUT2D eigenvalue weighted by molar-refractivity contribution is -0.124. The van der Waals surface area contributed by atoms with Gasteiger partial charge in [0, 0.05) is 19.0 Å². The highest BCUT2D eigenvalue weighted by Crippen LogP contribution is 2.13. The summed E-state index contributed by atoms with van der Waals surface area (Å²) in [6.45, 7) is 8.79. The zero-order valence-electron chi connectivity index (χ0n) is 10.3. The molecule has 0 aromatic carbocycles. The Morgan fingerprint density at radius 3 is 2.53 bits per heavy atom. The molecule has 1 unspecified atom stereocenters. The van der Waals surface area contributed by atoms with Crippen LogP contribution in [0.15, 0.2) is 0 Å². The smallest absolute Gasteiger partial charge is 0.222 e. The zero-order valence-corrected chi connectivity index (χ0v) is 10.3. The first-order valence-corrected chi connectivity index (χ1v) is 5.57. The molecular formula is C11H24N2O2. The van der Waals surface area contributed by atoms with E-state index in [1.165, 1.54) is 0 Å². The predicted molar refractivity (Wildman–Crippen MR) is 61.6 cm³/mol. The Morgan fingerprint density at radius 2 is 2.13 bits per heavy atom. The summed E-state index contributed by atoms with van der Waals surface area (Å²) in [5, 5.41) is 2.81. The highest BCUT2D eigenvalue weighted by molar-refractivity contribution is 5.76. The third kappa shape index (κ3) is 6.47. The van der Waals surface area contributed by atoms with Gasteiger partial charge in [0.05, 0.1) is 12.2 Å². The van der Waals surface area contributed by atoms with E-state index < -0.39 is 0 Å². The van der Waals surface area contributed by atoms with Crippen LogP contribution in [0.1, 0.15) is 40.5 Å². The van der Waals surface area contributed by atoms with Crippen molar-refractivity contribution in [2.75, 3.05) is 13.2 Å². The summed E-state index contributed by atoms with van der Waals surface area (Å²) in [4.78, 5) is 11.3. The highest BCUT2D eigenvalue weighted by Gasteiger charge is 2.20. The molecule has 15 heavy (non-hydrogen) atoms. The van der Waals surface area contributed by atoms with E-state index in [2.05, 4.69) is 5.32 Å². The first-order valence-electron chi connectivity index (χ1n) is 5.57. The average molecular weight is 216 g/mol. The number of carbonyl (C=O) groups is 1. The second-order valence-electron chi connectivity index (χ2n) is 4.33. The van der Waals surface area contributed by atoms with E-state index >= 15 is 0 Å². The molecule has 0 aromatic rings. The molecule has 0 bridgehead atoms. The Bertz CT molecular complexity index is 189. The second-order valence-corrected chi connectivity index (χ2v) is 4.33. The lowest BCUT2D eigenvalue weighted by atomic mass is 10.0. The lowest BCUT2D eigenvalue weighted by Crippen LogP contribution is -2.38. The molecule has 0 aliphatic heterocycles. The molecule has 0 radical (unpaired) electrons. The van der Waals surface area contributed by atoms with Crippen LogP contribution in [0.3, 0.4) is 0 Å². The molecule has 0 aliphatic rings. The fourth-order valence-corrected chi connectivity index (χ4v) is 1.09. The minimum atomic E-state index is -0.294. The van der Waals surface area contributed by atoms with Crippen molar-refractivity contribution in [3.05, 3.63) is 0 Å². The Balaban J connectivity index is 3.73. The van der Waals surface area contributed by atoms with Gasteiger partial charge in [0.25, 0.3) is 0 Å². The van der Waals surface area contributed by atoms with Crippen LogP contribution in [0, 0.1) is 0 Å². The van der Waals surface area contributed by atoms with E-state index in [1.807, 2.05) is 27.7 Å². The highest BCUT2D eigenvalue weighted by atomic mass is 16.5. The van der Waals surface area contributed by atoms with Gasteiger partial charge < -0.3 is 15.8 Å². The van der Waals surface area contributed by atoms with Gasteiger partial charge in [-0.2, -0.15) is 0 Å². The molecule has 0 aromatic heterocycles. The van der Waals surface area contributed by atoms with Crippen molar-refractivity contribution in [3.63, 3.8) is 0 Å². The Hall–Kier alpha value is -0.610. The summed E-state index contributed by atoms with van der Waals surface area (Å²) in [6.07, 6.45) is 1.25. The Morgan fingerprint density at radius 1 is 1.53 bits per heavy atom. The third-order valence-corrected chi connectivity index (χ3v) is 2.41. The van der Waals surface area contributed by atoms with E-state index in [0.717, 1.165) is 6.42 Å². The molecule has 0 saturated heterocycles. The molecule has 3 N–H and O–H groups in total. The van der Waals surface area contributed by atoms with Gasteiger partial charge in [-0.05, 0) is 27.2 Å². The van der Waals surface area contributed by atoms with Gasteiger partial charge in [-0.25, -0.2) is 0 Å². The molecule has 90 valence electrons. The van der Waals surface area contributed by atoms with Crippen LogP contribution >= 0.6 is 0 Å². The van der Waals surface area contributed by atoms with Gasteiger partial charge in [-0.15, -0.1) is 0 Å². The van der Waals surface area contributed by atoms with Crippen molar-refractivity contribution in [1.82, 2.24) is 5.32 Å². The molecular weight excluding hydrogens is 192 g/mol. The van der Waals surface area contributed by atoms with Gasteiger partial charge in [0.1, 0.15) is 0 Å². The summed E-state index contributed by atoms with van der Waals surface area (Å²) < 4.78 is 5.59. The van der Waals surface area contributed by atoms with Gasteiger partial charge in [0.15, 0.2) is 0 Å². The summed E-state index contributed by atoms with van der Waals surface area (Å²) >= 11 is 0. The fraction of sp³-hybridized carbons (Fsp3) is 0.909. The van der Waals surface area contributed by atoms with Gasteiger partial charge in [0.2, 0.25) is 5.91 Å². The lowest BCUT2D eigenvalue weighted by Gasteiger charge is -2.26. The van der Waals surface area contributed by atoms with Gasteiger partial charge in [-0.1, -0.05) is 6.92 Å². The maximum absolute atomic E-state index is 11.3. The molecule has 0 fully saturated rings. The molecule has 0 heterocycles. The van der Waals surface area contributed by atoms with Crippen LogP contribution in [0.2, 0.25) is 0 Å². The maximum atomic E-state index is 11.3. The minimum Gasteiger partial charge on any atom is -0.373 e. The minimum absolute atomic E-state index is 0.0282. The average Bonchev–Trinajstić information content (AvgIpc) is 2.16. The van der Waals surface area contributed by atoms with Gasteiger partial charge >= 0.3 is 0 Å². The number of hydrogen-bond donors (Lipinski definition) is 2. The van der Waals surface area contributed by atoms with Crippen LogP contribution < -0.4 is 11.1 Å². The monoisotopic (exact) mass is 216 g/mol. The fourth-order valence-electron chi connectivity index (χ4n) is 1.09. The Labute approximate surface area is 92.6 Å². The number of nitrogens with two attached hydrogens (primary N) is 1. The number of nitrogens with one attached hydrogen (secondary N) is 1. The van der Waals surface area contributed by atoms with Gasteiger partial charge in [-0.3, -0.25) is 4.79 Å². The number of hydrogen-bond acceptors (Lipinski definition) is 3. The van der Waals surface area contributed by atoms with Crippen LogP contribution in [0.25, 0.3) is 0 Å². The van der Waals surface area contributed by atoms with Crippen LogP contribution in [0.4, 0.5) is 0 Å². The zero-order chi connectivity index (χ0) is 11.9. The quantitative estimate of drug-likeness (QED) is 0.668. The first-order chi connectivity index (χ1) is 6.93. The molecule has 4 nitrogen and oxygen atoms in total. The Kier molecular flexibility index (Phi) is 6.52. The van der Waals surface area contributed by atoms with E-state index in [9.17, 15) is 4.79 Å². The first kappa shape index (κ1) is 14.4. The number of ether oxygens (including phenoxy) is 1. The van der Waals surface area contributed by atoms with Crippen molar-refractivity contribution < 1.29 is 9.53 Å². The van der Waals surface area contributed by atoms with Crippen molar-refractivity contribution in [2.24, 2.45) is 5.73 Å². The molecule has 0 aliphatic carbocycles. The second kappa shape index (κ2) is 6.80. The van der Waals surface area contributed by atoms with Crippen molar-refractivity contribution in [2.45, 2.75) is 52.2 Å². The molecule has 0 saturated carbocycles. The van der Waals surface area contributed by atoms with Crippen LogP contribution in [-0.2, 0) is 9.53 Å². The molecule has 1 amide bonds. The van der Waals surface area contributed by atoms with Crippen molar-refractivity contribution >= 4 is 5.91 Å². The predicted octanol–water partition coefficient (Wildman–Crippen LogP) is 1.05. The molecule has 1 atom stereocenters. The molecule has 0 rings (SSSR count). The number of rotatable bonds is 7. The standard InChI is InChI=1S/C11H24N2O2/c1-5-11(4,8-12)15-7-6-10(14)13-9(2)3/h9H,5-8,12H2,1-4H3,(H,13,14). The summed E-state index contributed by atoms with van der Waals surface area (Å²) in [6, 6.07) is 0.185. The van der Waals surface area contributed by atoms with Crippen LogP contribution in [0.5, 0.6) is 0 Å². The molecule has 4 heteroatoms.